The number of rotatable bonds is 5. The molecule has 0 unspecified atom stereocenters. The highest BCUT2D eigenvalue weighted by atomic mass is 32.2. The molecule has 0 saturated carbocycles. The average molecular weight is 436 g/mol. The first-order chi connectivity index (χ1) is 14.8. The fourth-order valence-corrected chi connectivity index (χ4v) is 4.51. The van der Waals surface area contributed by atoms with Crippen molar-refractivity contribution >= 4 is 32.3 Å². The summed E-state index contributed by atoms with van der Waals surface area (Å²) in [7, 11) is -4.26. The van der Waals surface area contributed by atoms with Gasteiger partial charge in [-0.05, 0) is 43.3 Å². The van der Waals surface area contributed by atoms with Crippen LogP contribution in [-0.2, 0) is 10.0 Å². The Morgan fingerprint density at radius 2 is 1.68 bits per heavy atom. The van der Waals surface area contributed by atoms with E-state index >= 15 is 0 Å². The molecule has 9 nitrogen and oxygen atoms in total. The summed E-state index contributed by atoms with van der Waals surface area (Å²) < 4.78 is 29.3. The summed E-state index contributed by atoms with van der Waals surface area (Å²) >= 11 is 0. The van der Waals surface area contributed by atoms with Crippen LogP contribution in [0.1, 0.15) is 5.82 Å². The first-order valence-electron chi connectivity index (χ1n) is 9.13. The van der Waals surface area contributed by atoms with Crippen molar-refractivity contribution in [1.82, 2.24) is 9.55 Å². The molecule has 0 radical (unpaired) electrons. The third-order valence-electron chi connectivity index (χ3n) is 4.65. The third kappa shape index (κ3) is 3.76. The summed E-state index contributed by atoms with van der Waals surface area (Å²) in [5.41, 5.74) is 0.224. The highest BCUT2D eigenvalue weighted by molar-refractivity contribution is 7.92. The first-order valence-corrected chi connectivity index (χ1v) is 10.6. The molecule has 0 saturated heterocycles. The zero-order valence-corrected chi connectivity index (χ0v) is 17.0. The zero-order valence-electron chi connectivity index (χ0n) is 16.2. The van der Waals surface area contributed by atoms with Gasteiger partial charge in [-0.2, -0.15) is 0 Å². The molecule has 0 bridgehead atoms. The molecule has 0 fully saturated rings. The van der Waals surface area contributed by atoms with Crippen molar-refractivity contribution in [3.05, 3.63) is 99.1 Å². The topological polar surface area (TPSA) is 124 Å². The van der Waals surface area contributed by atoms with Crippen LogP contribution in [0.25, 0.3) is 16.6 Å². The Morgan fingerprint density at radius 1 is 1.00 bits per heavy atom. The van der Waals surface area contributed by atoms with E-state index < -0.39 is 25.5 Å². The van der Waals surface area contributed by atoms with Crippen LogP contribution in [0, 0.1) is 17.0 Å². The van der Waals surface area contributed by atoms with Gasteiger partial charge >= 0.3 is 0 Å². The summed E-state index contributed by atoms with van der Waals surface area (Å²) in [6, 6.07) is 18.3. The lowest BCUT2D eigenvalue weighted by molar-refractivity contribution is -0.387. The van der Waals surface area contributed by atoms with Gasteiger partial charge in [-0.25, -0.2) is 13.4 Å². The number of nitro benzene ring substituents is 1. The van der Waals surface area contributed by atoms with Crippen LogP contribution in [0.4, 0.5) is 11.4 Å². The van der Waals surface area contributed by atoms with Crippen LogP contribution in [0.15, 0.2) is 82.5 Å². The van der Waals surface area contributed by atoms with Crippen LogP contribution >= 0.6 is 0 Å². The van der Waals surface area contributed by atoms with Crippen LogP contribution in [0.2, 0.25) is 0 Å². The number of hydrogen-bond acceptors (Lipinski definition) is 6. The number of nitrogens with zero attached hydrogens (tertiary/aromatic N) is 3. The third-order valence-corrected chi connectivity index (χ3v) is 6.08. The van der Waals surface area contributed by atoms with Crippen LogP contribution in [-0.4, -0.2) is 22.9 Å². The number of nitro groups is 1. The maximum atomic E-state index is 13.1. The molecule has 0 aliphatic heterocycles. The average Bonchev–Trinajstić information content (AvgIpc) is 2.75. The number of aryl methyl sites for hydroxylation is 1. The molecule has 0 amide bonds. The molecule has 4 aromatic rings. The Bertz CT molecular complexity index is 1480. The minimum Gasteiger partial charge on any atom is -0.279 e. The summed E-state index contributed by atoms with van der Waals surface area (Å²) in [4.78, 5) is 27.6. The Balaban J connectivity index is 1.82. The molecule has 31 heavy (non-hydrogen) atoms. The summed E-state index contributed by atoms with van der Waals surface area (Å²) in [5, 5.41) is 11.4. The highest BCUT2D eigenvalue weighted by Crippen LogP contribution is 2.26. The predicted octanol–water partition coefficient (Wildman–Crippen LogP) is 3.40. The molecule has 3 aromatic carbocycles. The molecule has 4 rings (SSSR count). The number of fused-ring (bicyclic) bond motifs is 1. The van der Waals surface area contributed by atoms with Gasteiger partial charge in [0.1, 0.15) is 5.82 Å². The molecule has 156 valence electrons. The van der Waals surface area contributed by atoms with Gasteiger partial charge in [0.25, 0.3) is 21.3 Å². The SMILES string of the molecule is Cc1nc2ccc(NS(=O)(=O)c3ccccc3[N+](=O)[O-])cc2c(=O)n1-c1ccccc1. The molecule has 0 aliphatic rings. The minimum atomic E-state index is -4.26. The van der Waals surface area contributed by atoms with E-state index in [0.717, 1.165) is 12.1 Å². The number of anilines is 1. The summed E-state index contributed by atoms with van der Waals surface area (Å²) in [6.45, 7) is 1.71. The van der Waals surface area contributed by atoms with Gasteiger partial charge in [0, 0.05) is 11.8 Å². The number of sulfonamides is 1. The minimum absolute atomic E-state index is 0.0908. The van der Waals surface area contributed by atoms with Gasteiger partial charge in [-0.15, -0.1) is 0 Å². The van der Waals surface area contributed by atoms with Gasteiger partial charge in [0.05, 0.1) is 21.5 Å². The van der Waals surface area contributed by atoms with Crippen molar-refractivity contribution in [3.8, 4) is 5.69 Å². The molecule has 0 spiro atoms. The quantitative estimate of drug-likeness (QED) is 0.378. The van der Waals surface area contributed by atoms with Crippen molar-refractivity contribution in [2.75, 3.05) is 4.72 Å². The van der Waals surface area contributed by atoms with Crippen LogP contribution in [0.5, 0.6) is 0 Å². The van der Waals surface area contributed by atoms with E-state index in [1.165, 1.54) is 34.9 Å². The predicted molar refractivity (Wildman–Crippen MR) is 116 cm³/mol. The van der Waals surface area contributed by atoms with Crippen molar-refractivity contribution < 1.29 is 13.3 Å². The number of nitrogens with one attached hydrogen (secondary N) is 1. The summed E-state index contributed by atoms with van der Waals surface area (Å²) in [6.07, 6.45) is 0. The van der Waals surface area contributed by atoms with E-state index in [0.29, 0.717) is 17.0 Å². The monoisotopic (exact) mass is 436 g/mol. The molecule has 1 aromatic heterocycles. The smallest absolute Gasteiger partial charge is 0.279 e. The largest absolute Gasteiger partial charge is 0.289 e. The maximum Gasteiger partial charge on any atom is 0.289 e. The number of aromatic nitrogens is 2. The van der Waals surface area contributed by atoms with Gasteiger partial charge in [-0.1, -0.05) is 30.3 Å². The molecular formula is C21H16N4O5S. The van der Waals surface area contributed by atoms with E-state index in [4.69, 9.17) is 0 Å². The van der Waals surface area contributed by atoms with Crippen molar-refractivity contribution in [3.63, 3.8) is 0 Å². The highest BCUT2D eigenvalue weighted by Gasteiger charge is 2.25. The Hall–Kier alpha value is -4.05. The molecule has 1 N–H and O–H groups in total. The fourth-order valence-electron chi connectivity index (χ4n) is 3.29. The lowest BCUT2D eigenvalue weighted by Gasteiger charge is -2.12. The Morgan fingerprint density at radius 3 is 2.39 bits per heavy atom. The molecule has 1 heterocycles. The van der Waals surface area contributed by atoms with E-state index in [1.807, 2.05) is 6.07 Å². The van der Waals surface area contributed by atoms with Gasteiger partial charge in [0.2, 0.25) is 0 Å². The van der Waals surface area contributed by atoms with Crippen LogP contribution < -0.4 is 10.3 Å². The Kier molecular flexibility index (Phi) is 4.99. The van der Waals surface area contributed by atoms with Gasteiger partial charge in [0.15, 0.2) is 4.90 Å². The van der Waals surface area contributed by atoms with E-state index in [2.05, 4.69) is 9.71 Å². The second-order valence-electron chi connectivity index (χ2n) is 6.70. The van der Waals surface area contributed by atoms with Gasteiger partial charge < -0.3 is 0 Å². The molecule has 10 heteroatoms. The standard InChI is InChI=1S/C21H16N4O5S/c1-14-22-18-12-11-15(13-17(18)21(26)24(14)16-7-3-2-4-8-16)23-31(29,30)20-10-6-5-9-19(20)25(27)28/h2-13,23H,1H3. The maximum absolute atomic E-state index is 13.1. The van der Waals surface area contributed by atoms with Crippen molar-refractivity contribution in [2.24, 2.45) is 0 Å². The van der Waals surface area contributed by atoms with E-state index in [1.54, 1.807) is 31.2 Å². The lowest BCUT2D eigenvalue weighted by Crippen LogP contribution is -2.22. The fraction of sp³-hybridized carbons (Fsp3) is 0.0476. The van der Waals surface area contributed by atoms with E-state index in [-0.39, 0.29) is 16.6 Å². The van der Waals surface area contributed by atoms with Gasteiger partial charge in [-0.3, -0.25) is 24.2 Å². The first kappa shape index (κ1) is 20.2. The summed E-state index contributed by atoms with van der Waals surface area (Å²) in [5.74, 6) is 0.483. The normalized spacial score (nSPS) is 11.4. The lowest BCUT2D eigenvalue weighted by atomic mass is 10.2. The van der Waals surface area contributed by atoms with E-state index in [9.17, 15) is 23.3 Å². The number of para-hydroxylation sites is 2. The molecule has 0 aliphatic carbocycles. The van der Waals surface area contributed by atoms with Crippen molar-refractivity contribution in [1.29, 1.82) is 0 Å². The second-order valence-corrected chi connectivity index (χ2v) is 8.35. The van der Waals surface area contributed by atoms with Crippen LogP contribution in [0.3, 0.4) is 0 Å². The second kappa shape index (κ2) is 7.65. The number of benzene rings is 3. The number of hydrogen-bond donors (Lipinski definition) is 1. The van der Waals surface area contributed by atoms with Crippen molar-refractivity contribution in [2.45, 2.75) is 11.8 Å². The molecular weight excluding hydrogens is 420 g/mol. The zero-order chi connectivity index (χ0) is 22.2. The Labute approximate surface area is 176 Å². The molecule has 0 atom stereocenters.